The standard InChI is InChI=1S/C7H5ClNO3/c8-7-5(4-10)2-1-3-6(7)9(11)12/h1,3,10H,4H2. The van der Waals surface area contributed by atoms with E-state index in [1.165, 1.54) is 12.1 Å². The second-order valence-electron chi connectivity index (χ2n) is 2.07. The lowest BCUT2D eigenvalue weighted by Gasteiger charge is -1.98. The first-order chi connectivity index (χ1) is 5.66. The van der Waals surface area contributed by atoms with Gasteiger partial charge in [-0.1, -0.05) is 11.6 Å². The molecule has 0 fully saturated rings. The van der Waals surface area contributed by atoms with Gasteiger partial charge < -0.3 is 5.11 Å². The van der Waals surface area contributed by atoms with E-state index < -0.39 is 4.92 Å². The van der Waals surface area contributed by atoms with Crippen molar-refractivity contribution in [2.24, 2.45) is 0 Å². The minimum atomic E-state index is -0.602. The highest BCUT2D eigenvalue weighted by Gasteiger charge is 2.14. The summed E-state index contributed by atoms with van der Waals surface area (Å²) in [6, 6.07) is 5.19. The number of nitro benzene ring substituents is 1. The van der Waals surface area contributed by atoms with Gasteiger partial charge in [0.2, 0.25) is 0 Å². The van der Waals surface area contributed by atoms with Crippen LogP contribution in [0.25, 0.3) is 0 Å². The van der Waals surface area contributed by atoms with Crippen molar-refractivity contribution < 1.29 is 10.0 Å². The second kappa shape index (κ2) is 3.51. The molecule has 5 heteroatoms. The van der Waals surface area contributed by atoms with Crippen molar-refractivity contribution in [3.8, 4) is 0 Å². The lowest BCUT2D eigenvalue weighted by Crippen LogP contribution is -1.93. The summed E-state index contributed by atoms with van der Waals surface area (Å²) in [6.45, 7) is -0.347. The van der Waals surface area contributed by atoms with Gasteiger partial charge in [0.1, 0.15) is 5.02 Å². The quantitative estimate of drug-likeness (QED) is 0.563. The summed E-state index contributed by atoms with van der Waals surface area (Å²) >= 11 is 5.57. The van der Waals surface area contributed by atoms with Crippen molar-refractivity contribution in [1.29, 1.82) is 0 Å². The van der Waals surface area contributed by atoms with Crippen molar-refractivity contribution in [3.63, 3.8) is 0 Å². The zero-order valence-electron chi connectivity index (χ0n) is 5.95. The van der Waals surface area contributed by atoms with Gasteiger partial charge >= 0.3 is 0 Å². The van der Waals surface area contributed by atoms with Gasteiger partial charge in [-0.2, -0.15) is 0 Å². The third-order valence-electron chi connectivity index (χ3n) is 1.34. The molecular weight excluding hydrogens is 182 g/mol. The maximum Gasteiger partial charge on any atom is 0.288 e. The van der Waals surface area contributed by atoms with Gasteiger partial charge in [-0.25, -0.2) is 0 Å². The molecule has 0 aromatic heterocycles. The Kier molecular flexibility index (Phi) is 2.62. The van der Waals surface area contributed by atoms with E-state index in [1.54, 1.807) is 0 Å². The molecule has 1 N–H and O–H groups in total. The largest absolute Gasteiger partial charge is 0.392 e. The summed E-state index contributed by atoms with van der Waals surface area (Å²) in [7, 11) is 0. The average Bonchev–Trinajstić information content (AvgIpc) is 2.04. The number of hydrogen-bond acceptors (Lipinski definition) is 3. The van der Waals surface area contributed by atoms with Crippen molar-refractivity contribution in [1.82, 2.24) is 0 Å². The summed E-state index contributed by atoms with van der Waals surface area (Å²) in [6.07, 6.45) is 0. The van der Waals surface area contributed by atoms with E-state index in [-0.39, 0.29) is 22.9 Å². The molecule has 1 rings (SSSR count). The third-order valence-corrected chi connectivity index (χ3v) is 1.77. The fourth-order valence-electron chi connectivity index (χ4n) is 0.768. The van der Waals surface area contributed by atoms with E-state index in [1.807, 2.05) is 0 Å². The Morgan fingerprint density at radius 2 is 2.42 bits per heavy atom. The van der Waals surface area contributed by atoms with Gasteiger partial charge in [-0.15, -0.1) is 0 Å². The van der Waals surface area contributed by atoms with Crippen LogP contribution in [-0.2, 0) is 6.61 Å². The van der Waals surface area contributed by atoms with Gasteiger partial charge in [0.15, 0.2) is 0 Å². The molecule has 0 saturated carbocycles. The van der Waals surface area contributed by atoms with Crippen molar-refractivity contribution in [3.05, 3.63) is 38.9 Å². The minimum Gasteiger partial charge on any atom is -0.392 e. The van der Waals surface area contributed by atoms with E-state index in [0.29, 0.717) is 0 Å². The number of rotatable bonds is 2. The molecule has 1 radical (unpaired) electrons. The van der Waals surface area contributed by atoms with Crippen LogP contribution in [0.3, 0.4) is 0 Å². The predicted molar refractivity (Wildman–Crippen MR) is 42.9 cm³/mol. The Balaban J connectivity index is 3.23. The Morgan fingerprint density at radius 3 is 2.92 bits per heavy atom. The van der Waals surface area contributed by atoms with E-state index in [4.69, 9.17) is 16.7 Å². The molecule has 1 aromatic carbocycles. The van der Waals surface area contributed by atoms with E-state index in [2.05, 4.69) is 6.07 Å². The molecule has 0 saturated heterocycles. The Bertz CT molecular complexity index is 314. The number of hydrogen-bond donors (Lipinski definition) is 1. The molecule has 0 heterocycles. The van der Waals surface area contributed by atoms with Crippen LogP contribution in [0.15, 0.2) is 12.1 Å². The second-order valence-corrected chi connectivity index (χ2v) is 2.45. The molecule has 1 aromatic rings. The zero-order valence-corrected chi connectivity index (χ0v) is 6.71. The number of aliphatic hydroxyl groups excluding tert-OH is 1. The van der Waals surface area contributed by atoms with E-state index in [9.17, 15) is 10.1 Å². The summed E-state index contributed by atoms with van der Waals surface area (Å²) in [5.41, 5.74) is 0.0327. The molecule has 0 spiro atoms. The van der Waals surface area contributed by atoms with E-state index >= 15 is 0 Å². The normalized spacial score (nSPS) is 9.83. The summed E-state index contributed by atoms with van der Waals surface area (Å²) in [4.78, 5) is 9.71. The first-order valence-electron chi connectivity index (χ1n) is 3.11. The number of nitrogens with zero attached hydrogens (tertiary/aromatic N) is 1. The van der Waals surface area contributed by atoms with E-state index in [0.717, 1.165) is 0 Å². The monoisotopic (exact) mass is 186 g/mol. The highest BCUT2D eigenvalue weighted by Crippen LogP contribution is 2.26. The summed E-state index contributed by atoms with van der Waals surface area (Å²) in [5.74, 6) is 0. The predicted octanol–water partition coefficient (Wildman–Crippen LogP) is 1.54. The SMILES string of the molecule is O=[N+]([O-])c1cc[c]c(CO)c1Cl. The first kappa shape index (κ1) is 8.96. The lowest BCUT2D eigenvalue weighted by molar-refractivity contribution is -0.384. The fraction of sp³-hybridized carbons (Fsp3) is 0.143. The molecule has 4 nitrogen and oxygen atoms in total. The topological polar surface area (TPSA) is 63.4 Å². The van der Waals surface area contributed by atoms with Crippen LogP contribution in [-0.4, -0.2) is 10.0 Å². The molecule has 63 valence electrons. The Labute approximate surface area is 73.5 Å². The van der Waals surface area contributed by atoms with Crippen LogP contribution in [0.1, 0.15) is 5.56 Å². The molecule has 0 amide bonds. The summed E-state index contributed by atoms with van der Waals surface area (Å²) in [5, 5.41) is 19.0. The average molecular weight is 187 g/mol. The first-order valence-corrected chi connectivity index (χ1v) is 3.49. The molecule has 0 aliphatic carbocycles. The highest BCUT2D eigenvalue weighted by molar-refractivity contribution is 6.33. The maximum atomic E-state index is 10.3. The molecule has 12 heavy (non-hydrogen) atoms. The van der Waals surface area contributed by atoms with Crippen molar-refractivity contribution >= 4 is 17.3 Å². The smallest absolute Gasteiger partial charge is 0.288 e. The minimum absolute atomic E-state index is 0.0509. The number of benzene rings is 1. The van der Waals surface area contributed by atoms with Gasteiger partial charge in [0.25, 0.3) is 5.69 Å². The van der Waals surface area contributed by atoms with Crippen LogP contribution in [0.2, 0.25) is 5.02 Å². The van der Waals surface area contributed by atoms with Crippen LogP contribution in [0.5, 0.6) is 0 Å². The van der Waals surface area contributed by atoms with Gasteiger partial charge in [-0.3, -0.25) is 10.1 Å². The molecule has 0 aliphatic heterocycles. The van der Waals surface area contributed by atoms with Crippen LogP contribution in [0.4, 0.5) is 5.69 Å². The molecule has 0 bridgehead atoms. The maximum absolute atomic E-state index is 10.3. The Hall–Kier alpha value is -1.13. The fourth-order valence-corrected chi connectivity index (χ4v) is 1.01. The molecule has 0 unspecified atom stereocenters. The van der Waals surface area contributed by atoms with Crippen LogP contribution >= 0.6 is 11.6 Å². The number of aliphatic hydroxyl groups is 1. The van der Waals surface area contributed by atoms with Gasteiger partial charge in [0.05, 0.1) is 11.5 Å². The highest BCUT2D eigenvalue weighted by atomic mass is 35.5. The van der Waals surface area contributed by atoms with Gasteiger partial charge in [0, 0.05) is 11.6 Å². The molecule has 0 atom stereocenters. The zero-order chi connectivity index (χ0) is 9.14. The van der Waals surface area contributed by atoms with Crippen molar-refractivity contribution in [2.75, 3.05) is 0 Å². The Morgan fingerprint density at radius 1 is 1.75 bits per heavy atom. The summed E-state index contributed by atoms with van der Waals surface area (Å²) < 4.78 is 0. The van der Waals surface area contributed by atoms with Crippen LogP contribution in [0, 0.1) is 16.2 Å². The number of halogens is 1. The molecule has 0 aliphatic rings. The third kappa shape index (κ3) is 1.54. The lowest BCUT2D eigenvalue weighted by atomic mass is 10.2. The number of nitro groups is 1. The van der Waals surface area contributed by atoms with Crippen molar-refractivity contribution in [2.45, 2.75) is 6.61 Å². The van der Waals surface area contributed by atoms with Gasteiger partial charge in [-0.05, 0) is 12.1 Å². The van der Waals surface area contributed by atoms with Crippen LogP contribution < -0.4 is 0 Å². The molecular formula is C7H5ClNO3.